The highest BCUT2D eigenvalue weighted by molar-refractivity contribution is 4.72. The van der Waals surface area contributed by atoms with Gasteiger partial charge in [0, 0.05) is 13.2 Å². The minimum absolute atomic E-state index is 0.0178. The first kappa shape index (κ1) is 41.4. The van der Waals surface area contributed by atoms with Crippen LogP contribution in [0.2, 0.25) is 0 Å². The van der Waals surface area contributed by atoms with Crippen molar-refractivity contribution in [2.24, 2.45) is 0 Å². The Balaban J connectivity index is 3.55. The Labute approximate surface area is 264 Å². The van der Waals surface area contributed by atoms with Crippen LogP contribution in [-0.2, 0) is 18.9 Å². The van der Waals surface area contributed by atoms with Crippen LogP contribution in [0.3, 0.4) is 0 Å². The van der Waals surface area contributed by atoms with E-state index in [1.165, 1.54) is 161 Å². The van der Waals surface area contributed by atoms with Gasteiger partial charge in [0.15, 0.2) is 13.1 Å². The summed E-state index contributed by atoms with van der Waals surface area (Å²) in [5.41, 5.74) is 0. The van der Waals surface area contributed by atoms with Crippen LogP contribution >= 0.6 is 0 Å². The molecule has 0 aromatic heterocycles. The second-order valence-electron chi connectivity index (χ2n) is 12.4. The maximum absolute atomic E-state index is 6.16. The summed E-state index contributed by atoms with van der Waals surface area (Å²) >= 11 is 0. The van der Waals surface area contributed by atoms with Crippen LogP contribution in [0.4, 0.5) is 0 Å². The molecule has 0 radical (unpaired) electrons. The van der Waals surface area contributed by atoms with Gasteiger partial charge in [-0.05, 0) is 51.0 Å². The number of ether oxygens (including phenoxy) is 4. The molecule has 0 bridgehead atoms. The van der Waals surface area contributed by atoms with Gasteiger partial charge in [0.25, 0.3) is 0 Å². The number of rotatable bonds is 37. The molecule has 0 aromatic rings. The van der Waals surface area contributed by atoms with Crippen LogP contribution in [0, 0.1) is 0 Å². The predicted octanol–water partition coefficient (Wildman–Crippen LogP) is 12.8. The number of allylic oxidation sites excluding steroid dienone is 1. The minimum atomic E-state index is 0.0178. The molecule has 252 valence electrons. The van der Waals surface area contributed by atoms with Gasteiger partial charge in [-0.15, -0.1) is 0 Å². The Kier molecular flexibility index (Phi) is 37.9. The summed E-state index contributed by atoms with van der Waals surface area (Å²) in [5, 5.41) is 0. The Bertz CT molecular complexity index is 479. The molecule has 0 saturated carbocycles. The summed E-state index contributed by atoms with van der Waals surface area (Å²) in [6.45, 7) is 9.75. The lowest BCUT2D eigenvalue weighted by molar-refractivity contribution is -0.148. The van der Waals surface area contributed by atoms with Gasteiger partial charge in [0.05, 0.1) is 12.9 Å². The highest BCUT2D eigenvalue weighted by Gasteiger charge is 2.09. The van der Waals surface area contributed by atoms with E-state index in [0.717, 1.165) is 39.1 Å². The first-order chi connectivity index (χ1) is 20.8. The van der Waals surface area contributed by atoms with E-state index < -0.39 is 0 Å². The average Bonchev–Trinajstić information content (AvgIpc) is 3.00. The van der Waals surface area contributed by atoms with Crippen LogP contribution in [0.15, 0.2) is 12.3 Å². The van der Waals surface area contributed by atoms with E-state index in [1.807, 2.05) is 6.26 Å². The first-order valence-electron chi connectivity index (χ1n) is 18.9. The third kappa shape index (κ3) is 35.6. The zero-order chi connectivity index (χ0) is 30.4. The molecule has 0 aliphatic carbocycles. The number of unbranched alkanes of at least 4 members (excludes halogenated alkanes) is 23. The summed E-state index contributed by atoms with van der Waals surface area (Å²) in [6.07, 6.45) is 40.3. The van der Waals surface area contributed by atoms with Crippen LogP contribution in [-0.4, -0.2) is 32.9 Å². The van der Waals surface area contributed by atoms with Crippen molar-refractivity contribution in [2.75, 3.05) is 26.6 Å². The molecule has 0 rings (SSSR count). The summed E-state index contributed by atoms with van der Waals surface area (Å²) in [5.74, 6) is 0. The molecule has 0 heterocycles. The molecule has 4 nitrogen and oxygen atoms in total. The van der Waals surface area contributed by atoms with Crippen molar-refractivity contribution in [2.45, 2.75) is 207 Å². The van der Waals surface area contributed by atoms with Gasteiger partial charge in [-0.1, -0.05) is 156 Å². The van der Waals surface area contributed by atoms with Crippen LogP contribution in [0.5, 0.6) is 0 Å². The minimum Gasteiger partial charge on any atom is -0.475 e. The molecule has 0 atom stereocenters. The topological polar surface area (TPSA) is 36.9 Å². The molecule has 4 heteroatoms. The smallest absolute Gasteiger partial charge is 0.188 e. The van der Waals surface area contributed by atoms with Gasteiger partial charge in [-0.2, -0.15) is 0 Å². The fourth-order valence-electron chi connectivity index (χ4n) is 5.31. The Morgan fingerprint density at radius 3 is 1.33 bits per heavy atom. The first-order valence-corrected chi connectivity index (χ1v) is 18.9. The molecule has 0 aliphatic heterocycles. The fourth-order valence-corrected chi connectivity index (χ4v) is 5.31. The highest BCUT2D eigenvalue weighted by atomic mass is 16.7. The molecule has 0 saturated heterocycles. The zero-order valence-corrected chi connectivity index (χ0v) is 29.0. The van der Waals surface area contributed by atoms with Crippen LogP contribution < -0.4 is 0 Å². The zero-order valence-electron chi connectivity index (χ0n) is 29.0. The second kappa shape index (κ2) is 38.4. The van der Waals surface area contributed by atoms with Crippen LogP contribution in [0.25, 0.3) is 0 Å². The number of hydrogen-bond donors (Lipinski definition) is 0. The van der Waals surface area contributed by atoms with Gasteiger partial charge in [-0.25, -0.2) is 0 Å². The van der Waals surface area contributed by atoms with E-state index in [-0.39, 0.29) is 6.29 Å². The summed E-state index contributed by atoms with van der Waals surface area (Å²) in [6, 6.07) is 0. The van der Waals surface area contributed by atoms with Crippen molar-refractivity contribution in [3.05, 3.63) is 12.3 Å². The second-order valence-corrected chi connectivity index (χ2v) is 12.4. The molecule has 0 N–H and O–H groups in total. The molecule has 0 amide bonds. The maximum atomic E-state index is 6.16. The van der Waals surface area contributed by atoms with E-state index in [0.29, 0.717) is 6.79 Å². The van der Waals surface area contributed by atoms with Gasteiger partial charge < -0.3 is 18.9 Å². The van der Waals surface area contributed by atoms with Gasteiger partial charge >= 0.3 is 0 Å². The normalized spacial score (nSPS) is 11.8. The van der Waals surface area contributed by atoms with E-state index >= 15 is 0 Å². The van der Waals surface area contributed by atoms with Crippen molar-refractivity contribution in [3.63, 3.8) is 0 Å². The monoisotopic (exact) mass is 597 g/mol. The predicted molar refractivity (Wildman–Crippen MR) is 183 cm³/mol. The van der Waals surface area contributed by atoms with E-state index in [2.05, 4.69) is 26.8 Å². The fraction of sp³-hybridized carbons (Fsp3) is 0.947. The van der Waals surface area contributed by atoms with E-state index in [4.69, 9.17) is 18.9 Å². The molecule has 0 spiro atoms. The van der Waals surface area contributed by atoms with Crippen molar-refractivity contribution < 1.29 is 18.9 Å². The van der Waals surface area contributed by atoms with Crippen molar-refractivity contribution in [1.82, 2.24) is 0 Å². The molecular formula is C38H76O4. The van der Waals surface area contributed by atoms with Crippen molar-refractivity contribution in [1.29, 1.82) is 0 Å². The average molecular weight is 597 g/mol. The molecule has 42 heavy (non-hydrogen) atoms. The van der Waals surface area contributed by atoms with E-state index in [1.54, 1.807) is 0 Å². The lowest BCUT2D eigenvalue weighted by Crippen LogP contribution is -2.19. The van der Waals surface area contributed by atoms with Gasteiger partial charge in [-0.3, -0.25) is 0 Å². The molecule has 0 aromatic carbocycles. The lowest BCUT2D eigenvalue weighted by atomic mass is 10.1. The molecule has 0 fully saturated rings. The van der Waals surface area contributed by atoms with Crippen LogP contribution in [0.1, 0.15) is 201 Å². The number of hydrogen-bond acceptors (Lipinski definition) is 4. The molecular weight excluding hydrogens is 520 g/mol. The van der Waals surface area contributed by atoms with Gasteiger partial charge in [0.1, 0.15) is 0 Å². The Morgan fingerprint density at radius 2 is 0.833 bits per heavy atom. The van der Waals surface area contributed by atoms with Gasteiger partial charge in [0.2, 0.25) is 0 Å². The summed E-state index contributed by atoms with van der Waals surface area (Å²) in [4.78, 5) is 0. The van der Waals surface area contributed by atoms with Crippen molar-refractivity contribution >= 4 is 0 Å². The SMILES string of the molecule is CCCCCCCCCOCOC=CCCCCCCCCCCCC(OCCCCCCC)OCCCCCCC. The molecule has 0 aliphatic rings. The summed E-state index contributed by atoms with van der Waals surface area (Å²) in [7, 11) is 0. The summed E-state index contributed by atoms with van der Waals surface area (Å²) < 4.78 is 23.3. The molecule has 0 unspecified atom stereocenters. The quantitative estimate of drug-likeness (QED) is 0.0406. The largest absolute Gasteiger partial charge is 0.475 e. The Hall–Kier alpha value is -0.580. The van der Waals surface area contributed by atoms with Crippen molar-refractivity contribution in [3.8, 4) is 0 Å². The third-order valence-electron chi connectivity index (χ3n) is 8.15. The lowest BCUT2D eigenvalue weighted by Gasteiger charge is -2.19. The standard InChI is InChI=1S/C38H76O4/c1-4-7-10-13-20-25-28-33-39-37-40-34-29-26-21-18-16-14-15-17-19-22-27-32-38(41-35-30-23-11-8-5-2)42-36-31-24-12-9-6-3/h29,34,38H,4-28,30-33,35-37H2,1-3H3. The Morgan fingerprint density at radius 1 is 0.429 bits per heavy atom. The maximum Gasteiger partial charge on any atom is 0.188 e. The van der Waals surface area contributed by atoms with E-state index in [9.17, 15) is 0 Å². The highest BCUT2D eigenvalue weighted by Crippen LogP contribution is 2.15. The third-order valence-corrected chi connectivity index (χ3v) is 8.15.